The third-order valence-electron chi connectivity index (χ3n) is 3.23. The van der Waals surface area contributed by atoms with Crippen LogP contribution in [0.1, 0.15) is 19.8 Å². The summed E-state index contributed by atoms with van der Waals surface area (Å²) in [7, 11) is -0.639. The van der Waals surface area contributed by atoms with E-state index in [2.05, 4.69) is 9.69 Å². The normalized spacial score (nSPS) is 24.0. The highest BCUT2D eigenvalue weighted by molar-refractivity contribution is 7.89. The average molecular weight is 320 g/mol. The minimum absolute atomic E-state index is 0.0475. The fraction of sp³-hybridized carbons (Fsp3) is 0.727. The third-order valence-corrected chi connectivity index (χ3v) is 6.05. The van der Waals surface area contributed by atoms with Crippen LogP contribution >= 0.6 is 11.5 Å². The van der Waals surface area contributed by atoms with Crippen molar-refractivity contribution in [2.75, 3.05) is 31.8 Å². The van der Waals surface area contributed by atoms with Crippen LogP contribution in [0.15, 0.2) is 4.90 Å². The number of rotatable bonds is 4. The molecule has 2 unspecified atom stereocenters. The van der Waals surface area contributed by atoms with Crippen LogP contribution in [-0.2, 0) is 14.8 Å². The zero-order valence-corrected chi connectivity index (χ0v) is 13.4. The van der Waals surface area contributed by atoms with Gasteiger partial charge >= 0.3 is 0 Å². The van der Waals surface area contributed by atoms with Gasteiger partial charge in [0.25, 0.3) is 0 Å². The number of ether oxygens (including phenoxy) is 1. The highest BCUT2D eigenvalue weighted by Gasteiger charge is 2.29. The van der Waals surface area contributed by atoms with E-state index in [4.69, 9.17) is 10.5 Å². The van der Waals surface area contributed by atoms with Crippen molar-refractivity contribution in [3.8, 4) is 0 Å². The highest BCUT2D eigenvalue weighted by Crippen LogP contribution is 2.34. The van der Waals surface area contributed by atoms with Crippen molar-refractivity contribution in [3.63, 3.8) is 0 Å². The number of hydrogen-bond donors (Lipinski definition) is 2. The van der Waals surface area contributed by atoms with Gasteiger partial charge in [0.05, 0.1) is 6.10 Å². The van der Waals surface area contributed by atoms with Crippen LogP contribution in [0.2, 0.25) is 0 Å². The lowest BCUT2D eigenvalue weighted by Gasteiger charge is -2.28. The largest absolute Gasteiger partial charge is 0.382 e. The van der Waals surface area contributed by atoms with Crippen molar-refractivity contribution in [1.82, 2.24) is 8.68 Å². The molecule has 0 aliphatic carbocycles. The Morgan fingerprint density at radius 3 is 2.80 bits per heavy atom. The van der Waals surface area contributed by atoms with Crippen LogP contribution in [0.5, 0.6) is 0 Å². The molecule has 9 heteroatoms. The van der Waals surface area contributed by atoms with Crippen molar-refractivity contribution in [1.29, 1.82) is 0 Å². The van der Waals surface area contributed by atoms with Gasteiger partial charge in [0, 0.05) is 26.7 Å². The minimum atomic E-state index is -3.60. The summed E-state index contributed by atoms with van der Waals surface area (Å²) >= 11 is 1.08. The molecule has 1 saturated heterocycles. The molecule has 1 fully saturated rings. The van der Waals surface area contributed by atoms with Crippen LogP contribution in [0, 0.1) is 0 Å². The van der Waals surface area contributed by atoms with Crippen molar-refractivity contribution in [2.24, 2.45) is 0 Å². The standard InChI is InChI=1S/C11H20N4O3S2/c1-7-6-8(4-5-18-7)13-11-9(10(12)14-19-11)20(16,17)15(2)3/h7-8,13H,4-6H2,1-3H3,(H2,12,14). The van der Waals surface area contributed by atoms with Crippen LogP contribution in [0.3, 0.4) is 0 Å². The Morgan fingerprint density at radius 2 is 2.20 bits per heavy atom. The Kier molecular flexibility index (Phi) is 4.52. The molecule has 0 aromatic carbocycles. The maximum atomic E-state index is 12.3. The Bertz CT molecular complexity index is 570. The predicted octanol–water partition coefficient (Wildman–Crippen LogP) is 0.955. The molecule has 1 aromatic heterocycles. The molecule has 2 rings (SSSR count). The maximum absolute atomic E-state index is 12.3. The first-order valence-electron chi connectivity index (χ1n) is 6.38. The van der Waals surface area contributed by atoms with E-state index in [1.807, 2.05) is 6.92 Å². The van der Waals surface area contributed by atoms with Gasteiger partial charge in [-0.2, -0.15) is 4.37 Å². The monoisotopic (exact) mass is 320 g/mol. The van der Waals surface area contributed by atoms with E-state index in [1.165, 1.54) is 14.1 Å². The summed E-state index contributed by atoms with van der Waals surface area (Å²) in [5.41, 5.74) is 5.73. The number of sulfonamides is 1. The third kappa shape index (κ3) is 3.05. The first-order valence-corrected chi connectivity index (χ1v) is 8.59. The van der Waals surface area contributed by atoms with E-state index < -0.39 is 10.0 Å². The van der Waals surface area contributed by atoms with Gasteiger partial charge in [0.15, 0.2) is 10.7 Å². The van der Waals surface area contributed by atoms with Crippen molar-refractivity contribution >= 4 is 32.4 Å². The van der Waals surface area contributed by atoms with Gasteiger partial charge < -0.3 is 15.8 Å². The van der Waals surface area contributed by atoms with Gasteiger partial charge in [-0.1, -0.05) is 0 Å². The Morgan fingerprint density at radius 1 is 1.50 bits per heavy atom. The molecule has 0 saturated carbocycles. The highest BCUT2D eigenvalue weighted by atomic mass is 32.2. The predicted molar refractivity (Wildman–Crippen MR) is 79.5 cm³/mol. The second-order valence-electron chi connectivity index (χ2n) is 5.06. The van der Waals surface area contributed by atoms with Crippen LogP contribution in [0.25, 0.3) is 0 Å². The van der Waals surface area contributed by atoms with Gasteiger partial charge in [-0.25, -0.2) is 12.7 Å². The summed E-state index contributed by atoms with van der Waals surface area (Å²) < 4.78 is 35.2. The Hall–Kier alpha value is -0.900. The molecule has 0 bridgehead atoms. The topological polar surface area (TPSA) is 97.5 Å². The van der Waals surface area contributed by atoms with E-state index >= 15 is 0 Å². The number of nitrogen functional groups attached to an aromatic ring is 1. The van der Waals surface area contributed by atoms with E-state index in [0.29, 0.717) is 11.6 Å². The summed E-state index contributed by atoms with van der Waals surface area (Å²) in [6.07, 6.45) is 1.84. The Balaban J connectivity index is 2.26. The van der Waals surface area contributed by atoms with Gasteiger partial charge in [-0.15, -0.1) is 0 Å². The minimum Gasteiger partial charge on any atom is -0.382 e. The van der Waals surface area contributed by atoms with Crippen molar-refractivity contribution in [2.45, 2.75) is 36.8 Å². The molecule has 0 spiro atoms. The molecule has 1 aromatic rings. The van der Waals surface area contributed by atoms with E-state index in [0.717, 1.165) is 28.7 Å². The molecule has 0 radical (unpaired) electrons. The van der Waals surface area contributed by atoms with E-state index in [1.54, 1.807) is 0 Å². The smallest absolute Gasteiger partial charge is 0.249 e. The summed E-state index contributed by atoms with van der Waals surface area (Å²) in [4.78, 5) is 0.0756. The molecule has 2 heterocycles. The molecule has 114 valence electrons. The number of anilines is 2. The number of nitrogens with two attached hydrogens (primary N) is 1. The number of nitrogens with one attached hydrogen (secondary N) is 1. The van der Waals surface area contributed by atoms with Crippen LogP contribution in [-0.4, -0.2) is 49.9 Å². The average Bonchev–Trinajstić information content (AvgIpc) is 2.70. The molecule has 2 atom stereocenters. The second kappa shape index (κ2) is 5.84. The number of nitrogens with zero attached hydrogens (tertiary/aromatic N) is 2. The lowest BCUT2D eigenvalue weighted by Crippen LogP contribution is -2.33. The maximum Gasteiger partial charge on any atom is 0.249 e. The number of aromatic nitrogens is 1. The fourth-order valence-electron chi connectivity index (χ4n) is 2.13. The zero-order valence-electron chi connectivity index (χ0n) is 11.8. The van der Waals surface area contributed by atoms with Gasteiger partial charge in [-0.3, -0.25) is 0 Å². The first-order chi connectivity index (χ1) is 9.32. The lowest BCUT2D eigenvalue weighted by atomic mass is 10.0. The van der Waals surface area contributed by atoms with Crippen LogP contribution < -0.4 is 11.1 Å². The molecule has 1 aliphatic rings. The quantitative estimate of drug-likeness (QED) is 0.857. The summed E-state index contributed by atoms with van der Waals surface area (Å²) in [6, 6.07) is 0.176. The van der Waals surface area contributed by atoms with Crippen LogP contribution in [0.4, 0.5) is 10.8 Å². The van der Waals surface area contributed by atoms with E-state index in [9.17, 15) is 8.42 Å². The lowest BCUT2D eigenvalue weighted by molar-refractivity contribution is 0.0232. The molecule has 7 nitrogen and oxygen atoms in total. The molecule has 1 aliphatic heterocycles. The van der Waals surface area contributed by atoms with Crippen molar-refractivity contribution < 1.29 is 13.2 Å². The second-order valence-corrected chi connectivity index (χ2v) is 7.92. The fourth-order valence-corrected chi connectivity index (χ4v) is 4.27. The van der Waals surface area contributed by atoms with Gasteiger partial charge in [0.2, 0.25) is 10.0 Å². The first kappa shape index (κ1) is 15.5. The molecular weight excluding hydrogens is 300 g/mol. The van der Waals surface area contributed by atoms with Gasteiger partial charge in [0.1, 0.15) is 5.00 Å². The zero-order chi connectivity index (χ0) is 14.9. The summed E-state index contributed by atoms with van der Waals surface area (Å²) in [5, 5.41) is 3.76. The molecular formula is C11H20N4O3S2. The molecule has 20 heavy (non-hydrogen) atoms. The van der Waals surface area contributed by atoms with E-state index in [-0.39, 0.29) is 22.9 Å². The number of hydrogen-bond acceptors (Lipinski definition) is 7. The van der Waals surface area contributed by atoms with Crippen molar-refractivity contribution in [3.05, 3.63) is 0 Å². The molecule has 0 amide bonds. The molecule has 3 N–H and O–H groups in total. The SMILES string of the molecule is CC1CC(Nc2snc(N)c2S(=O)(=O)N(C)C)CCO1. The Labute approximate surface area is 123 Å². The summed E-state index contributed by atoms with van der Waals surface area (Å²) in [6.45, 7) is 2.68. The summed E-state index contributed by atoms with van der Waals surface area (Å²) in [5.74, 6) is 0.0475. The van der Waals surface area contributed by atoms with Gasteiger partial charge in [-0.05, 0) is 31.3 Å².